The molecule has 1 rings (SSSR count). The number of rotatable bonds is 3. The van der Waals surface area contributed by atoms with E-state index < -0.39 is 0 Å². The summed E-state index contributed by atoms with van der Waals surface area (Å²) in [7, 11) is 0. The van der Waals surface area contributed by atoms with Gasteiger partial charge in [-0.05, 0) is 46.2 Å². The fourth-order valence-corrected chi connectivity index (χ4v) is 2.37. The van der Waals surface area contributed by atoms with Crippen LogP contribution in [0.5, 0.6) is 0 Å². The molecule has 0 aliphatic heterocycles. The lowest BCUT2D eigenvalue weighted by Gasteiger charge is -2.20. The van der Waals surface area contributed by atoms with Crippen molar-refractivity contribution in [2.75, 3.05) is 5.75 Å². The van der Waals surface area contributed by atoms with Crippen LogP contribution in [0.4, 0.5) is 0 Å². The Hall–Kier alpha value is -0.960. The van der Waals surface area contributed by atoms with Crippen LogP contribution in [-0.2, 0) is 4.79 Å². The molecule has 3 heteroatoms. The molecule has 0 radical (unpaired) electrons. The lowest BCUT2D eigenvalue weighted by molar-refractivity contribution is -0.119. The number of nitrogens with one attached hydrogen (secondary N) is 1. The third-order valence-electron chi connectivity index (χ3n) is 2.20. The number of carbonyl (C=O) groups is 1. The van der Waals surface area contributed by atoms with E-state index in [9.17, 15) is 4.79 Å². The van der Waals surface area contributed by atoms with Crippen LogP contribution in [0.25, 0.3) is 0 Å². The predicted molar refractivity (Wildman–Crippen MR) is 74.5 cm³/mol. The van der Waals surface area contributed by atoms with Gasteiger partial charge in [0, 0.05) is 10.4 Å². The van der Waals surface area contributed by atoms with Crippen LogP contribution >= 0.6 is 11.8 Å². The van der Waals surface area contributed by atoms with Gasteiger partial charge in [-0.3, -0.25) is 4.79 Å². The molecule has 94 valence electrons. The molecule has 0 saturated heterocycles. The lowest BCUT2D eigenvalue weighted by atomic mass is 10.1. The topological polar surface area (TPSA) is 29.1 Å². The number of benzene rings is 1. The lowest BCUT2D eigenvalue weighted by Crippen LogP contribution is -2.41. The molecule has 0 bridgehead atoms. The molecule has 1 N–H and O–H groups in total. The van der Waals surface area contributed by atoms with Crippen LogP contribution in [0, 0.1) is 13.8 Å². The molecule has 0 atom stereocenters. The molecule has 0 aliphatic carbocycles. The van der Waals surface area contributed by atoms with Crippen LogP contribution < -0.4 is 5.32 Å². The maximum atomic E-state index is 11.7. The van der Waals surface area contributed by atoms with Gasteiger partial charge in [0.15, 0.2) is 0 Å². The van der Waals surface area contributed by atoms with Gasteiger partial charge in [-0.1, -0.05) is 17.7 Å². The summed E-state index contributed by atoms with van der Waals surface area (Å²) in [5, 5.41) is 2.96. The molecule has 2 nitrogen and oxygen atoms in total. The summed E-state index contributed by atoms with van der Waals surface area (Å²) >= 11 is 1.59. The Morgan fingerprint density at radius 2 is 1.94 bits per heavy atom. The maximum absolute atomic E-state index is 11.7. The highest BCUT2D eigenvalue weighted by Gasteiger charge is 2.13. The summed E-state index contributed by atoms with van der Waals surface area (Å²) in [4.78, 5) is 12.9. The van der Waals surface area contributed by atoms with E-state index in [2.05, 4.69) is 37.4 Å². The van der Waals surface area contributed by atoms with E-state index in [-0.39, 0.29) is 11.4 Å². The van der Waals surface area contributed by atoms with Crippen molar-refractivity contribution in [3.05, 3.63) is 29.3 Å². The van der Waals surface area contributed by atoms with Crippen LogP contribution in [-0.4, -0.2) is 17.2 Å². The van der Waals surface area contributed by atoms with Crippen molar-refractivity contribution in [1.29, 1.82) is 0 Å². The number of thioether (sulfide) groups is 1. The molecule has 1 aromatic rings. The monoisotopic (exact) mass is 251 g/mol. The number of carbonyl (C=O) groups excluding carboxylic acids is 1. The normalized spacial score (nSPS) is 11.4. The highest BCUT2D eigenvalue weighted by Crippen LogP contribution is 2.23. The van der Waals surface area contributed by atoms with Crippen LogP contribution in [0.3, 0.4) is 0 Å². The summed E-state index contributed by atoms with van der Waals surface area (Å²) in [5.41, 5.74) is 2.34. The minimum Gasteiger partial charge on any atom is -0.351 e. The largest absolute Gasteiger partial charge is 0.351 e. The Labute approximate surface area is 108 Å². The zero-order chi connectivity index (χ0) is 13.1. The fourth-order valence-electron chi connectivity index (χ4n) is 1.56. The van der Waals surface area contributed by atoms with Crippen LogP contribution in [0.15, 0.2) is 23.1 Å². The quantitative estimate of drug-likeness (QED) is 0.835. The number of hydrogen-bond donors (Lipinski definition) is 1. The summed E-state index contributed by atoms with van der Waals surface area (Å²) in [6, 6.07) is 6.31. The standard InChI is InChI=1S/C14H21NOS/c1-10-6-7-12(11(2)8-10)17-9-13(16)15-14(3,4)5/h6-8H,9H2,1-5H3,(H,15,16). The van der Waals surface area contributed by atoms with Crippen molar-refractivity contribution in [2.45, 2.75) is 45.1 Å². The van der Waals surface area contributed by atoms with E-state index in [4.69, 9.17) is 0 Å². The first kappa shape index (κ1) is 14.1. The van der Waals surface area contributed by atoms with E-state index in [1.807, 2.05) is 20.8 Å². The molecule has 0 unspecified atom stereocenters. The molecule has 0 saturated carbocycles. The van der Waals surface area contributed by atoms with Crippen molar-refractivity contribution in [2.24, 2.45) is 0 Å². The molecule has 0 spiro atoms. The van der Waals surface area contributed by atoms with E-state index in [0.717, 1.165) is 0 Å². The third-order valence-corrected chi connectivity index (χ3v) is 3.38. The molecule has 0 aromatic heterocycles. The second-order valence-electron chi connectivity index (χ2n) is 5.36. The second kappa shape index (κ2) is 5.58. The number of amides is 1. The Morgan fingerprint density at radius 1 is 1.29 bits per heavy atom. The van der Waals surface area contributed by atoms with E-state index >= 15 is 0 Å². The van der Waals surface area contributed by atoms with Gasteiger partial charge in [-0.2, -0.15) is 0 Å². The SMILES string of the molecule is Cc1ccc(SCC(=O)NC(C)(C)C)c(C)c1. The minimum atomic E-state index is -0.153. The average molecular weight is 251 g/mol. The summed E-state index contributed by atoms with van der Waals surface area (Å²) in [6.45, 7) is 10.1. The highest BCUT2D eigenvalue weighted by molar-refractivity contribution is 8.00. The zero-order valence-corrected chi connectivity index (χ0v) is 12.1. The summed E-state index contributed by atoms with van der Waals surface area (Å²) in [6.07, 6.45) is 0. The maximum Gasteiger partial charge on any atom is 0.230 e. The first-order chi connectivity index (χ1) is 7.78. The molecule has 0 aliphatic rings. The van der Waals surface area contributed by atoms with Gasteiger partial charge < -0.3 is 5.32 Å². The van der Waals surface area contributed by atoms with E-state index in [0.29, 0.717) is 5.75 Å². The van der Waals surface area contributed by atoms with Gasteiger partial charge in [0.25, 0.3) is 0 Å². The van der Waals surface area contributed by atoms with Gasteiger partial charge >= 0.3 is 0 Å². The van der Waals surface area contributed by atoms with E-state index in [1.165, 1.54) is 16.0 Å². The van der Waals surface area contributed by atoms with Gasteiger partial charge in [0.05, 0.1) is 5.75 Å². The molecular formula is C14H21NOS. The molecule has 0 fully saturated rings. The number of hydrogen-bond acceptors (Lipinski definition) is 2. The van der Waals surface area contributed by atoms with Gasteiger partial charge in [-0.25, -0.2) is 0 Å². The Morgan fingerprint density at radius 3 is 2.47 bits per heavy atom. The smallest absolute Gasteiger partial charge is 0.230 e. The van der Waals surface area contributed by atoms with Crippen molar-refractivity contribution in [3.63, 3.8) is 0 Å². The summed E-state index contributed by atoms with van der Waals surface area (Å²) in [5.74, 6) is 0.559. The predicted octanol–water partition coefficient (Wildman–Crippen LogP) is 3.31. The van der Waals surface area contributed by atoms with Crippen molar-refractivity contribution in [3.8, 4) is 0 Å². The molecule has 1 aromatic carbocycles. The van der Waals surface area contributed by atoms with Gasteiger partial charge in [0.2, 0.25) is 5.91 Å². The fraction of sp³-hybridized carbons (Fsp3) is 0.500. The van der Waals surface area contributed by atoms with Crippen molar-refractivity contribution >= 4 is 17.7 Å². The Bertz CT molecular complexity index is 407. The van der Waals surface area contributed by atoms with E-state index in [1.54, 1.807) is 11.8 Å². The first-order valence-corrected chi connectivity index (χ1v) is 6.77. The summed E-state index contributed by atoms with van der Waals surface area (Å²) < 4.78 is 0. The second-order valence-corrected chi connectivity index (χ2v) is 6.37. The molecular weight excluding hydrogens is 230 g/mol. The Kier molecular flexibility index (Phi) is 4.63. The van der Waals surface area contributed by atoms with Crippen LogP contribution in [0.1, 0.15) is 31.9 Å². The van der Waals surface area contributed by atoms with Crippen molar-refractivity contribution in [1.82, 2.24) is 5.32 Å². The van der Waals surface area contributed by atoms with Crippen molar-refractivity contribution < 1.29 is 4.79 Å². The highest BCUT2D eigenvalue weighted by atomic mass is 32.2. The third kappa shape index (κ3) is 5.26. The van der Waals surface area contributed by atoms with Gasteiger partial charge in [0.1, 0.15) is 0 Å². The van der Waals surface area contributed by atoms with Crippen LogP contribution in [0.2, 0.25) is 0 Å². The first-order valence-electron chi connectivity index (χ1n) is 5.79. The zero-order valence-electron chi connectivity index (χ0n) is 11.3. The van der Waals surface area contributed by atoms with Gasteiger partial charge in [-0.15, -0.1) is 11.8 Å². The Balaban J connectivity index is 2.53. The molecule has 17 heavy (non-hydrogen) atoms. The number of aryl methyl sites for hydroxylation is 2. The minimum absolute atomic E-state index is 0.0856. The average Bonchev–Trinajstić information content (AvgIpc) is 2.13. The molecule has 1 amide bonds. The molecule has 0 heterocycles.